The highest BCUT2D eigenvalue weighted by Gasteiger charge is 2.34. The maximum atomic E-state index is 12.0. The van der Waals surface area contributed by atoms with Gasteiger partial charge in [-0.2, -0.15) is 0 Å². The second kappa shape index (κ2) is 3.09. The van der Waals surface area contributed by atoms with Gasteiger partial charge in [-0.1, -0.05) is 39.3 Å². The third kappa shape index (κ3) is 2.59. The van der Waals surface area contributed by atoms with Crippen molar-refractivity contribution in [2.24, 2.45) is 10.8 Å². The third-order valence-corrected chi connectivity index (χ3v) is 5.27. The quantitative estimate of drug-likeness (QED) is 0.620. The van der Waals surface area contributed by atoms with Crippen molar-refractivity contribution in [2.45, 2.75) is 34.6 Å². The van der Waals surface area contributed by atoms with E-state index in [2.05, 4.69) is 40.7 Å². The van der Waals surface area contributed by atoms with Gasteiger partial charge in [0, 0.05) is 21.2 Å². The third-order valence-electron chi connectivity index (χ3n) is 2.87. The summed E-state index contributed by atoms with van der Waals surface area (Å²) in [5.74, 6) is 0.979. The van der Waals surface area contributed by atoms with E-state index in [1.54, 1.807) is 0 Å². The van der Waals surface area contributed by atoms with Crippen molar-refractivity contribution in [3.05, 3.63) is 11.6 Å². The van der Waals surface area contributed by atoms with Crippen LogP contribution in [0.4, 0.5) is 0 Å². The van der Waals surface area contributed by atoms with Crippen molar-refractivity contribution in [3.8, 4) is 0 Å². The molecule has 1 N–H and O–H groups in total. The molecule has 0 bridgehead atoms. The number of hydrogen-bond donors (Lipinski definition) is 1. The standard InChI is InChI=1S/C11H21NOS/c1-9-6-10(2,3)7-14(12,13)8-11(9,4)5/h6,12H,7-8H2,1-5H3. The highest BCUT2D eigenvalue weighted by Crippen LogP contribution is 2.37. The summed E-state index contributed by atoms with van der Waals surface area (Å²) < 4.78 is 19.9. The molecule has 1 aliphatic rings. The lowest BCUT2D eigenvalue weighted by Gasteiger charge is -2.24. The molecule has 1 aliphatic heterocycles. The molecule has 0 aromatic rings. The first kappa shape index (κ1) is 11.8. The summed E-state index contributed by atoms with van der Waals surface area (Å²) in [5, 5.41) is 0. The second-order valence-corrected chi connectivity index (χ2v) is 8.00. The number of allylic oxidation sites excluding steroid dienone is 2. The van der Waals surface area contributed by atoms with Gasteiger partial charge in [0.05, 0.1) is 0 Å². The van der Waals surface area contributed by atoms with E-state index in [-0.39, 0.29) is 10.8 Å². The Bertz CT molecular complexity index is 361. The first-order chi connectivity index (χ1) is 6.04. The Morgan fingerprint density at radius 1 is 1.29 bits per heavy atom. The molecule has 3 heteroatoms. The molecule has 0 aromatic heterocycles. The molecule has 2 nitrogen and oxygen atoms in total. The zero-order valence-electron chi connectivity index (χ0n) is 9.81. The van der Waals surface area contributed by atoms with Gasteiger partial charge < -0.3 is 0 Å². The minimum absolute atomic E-state index is 0.0907. The molecule has 0 aromatic carbocycles. The number of rotatable bonds is 0. The van der Waals surface area contributed by atoms with E-state index in [9.17, 15) is 4.21 Å². The van der Waals surface area contributed by atoms with Crippen molar-refractivity contribution in [3.63, 3.8) is 0 Å². The van der Waals surface area contributed by atoms with Crippen molar-refractivity contribution in [1.29, 1.82) is 4.78 Å². The molecular weight excluding hydrogens is 194 g/mol. The van der Waals surface area contributed by atoms with Crippen molar-refractivity contribution in [1.82, 2.24) is 0 Å². The maximum Gasteiger partial charge on any atom is 0.0458 e. The number of hydrogen-bond acceptors (Lipinski definition) is 2. The van der Waals surface area contributed by atoms with Crippen LogP contribution in [0.5, 0.6) is 0 Å². The Labute approximate surface area is 87.8 Å². The van der Waals surface area contributed by atoms with E-state index >= 15 is 0 Å². The Morgan fingerprint density at radius 3 is 2.29 bits per heavy atom. The van der Waals surface area contributed by atoms with Gasteiger partial charge in [0.2, 0.25) is 0 Å². The van der Waals surface area contributed by atoms with Gasteiger partial charge >= 0.3 is 0 Å². The molecule has 0 spiro atoms. The molecule has 0 saturated carbocycles. The molecule has 0 saturated heterocycles. The largest absolute Gasteiger partial charge is 0.253 e. The first-order valence-electron chi connectivity index (χ1n) is 4.98. The lowest BCUT2D eigenvalue weighted by atomic mass is 9.82. The molecule has 1 heterocycles. The molecule has 82 valence electrons. The molecule has 14 heavy (non-hydrogen) atoms. The van der Waals surface area contributed by atoms with Crippen LogP contribution in [0.2, 0.25) is 0 Å². The summed E-state index contributed by atoms with van der Waals surface area (Å²) in [7, 11) is -2.42. The summed E-state index contributed by atoms with van der Waals surface area (Å²) in [4.78, 5) is 0. The molecule has 1 unspecified atom stereocenters. The zero-order chi connectivity index (χ0) is 11.2. The first-order valence-corrected chi connectivity index (χ1v) is 6.88. The van der Waals surface area contributed by atoms with Gasteiger partial charge in [-0.05, 0) is 17.8 Å². The average Bonchev–Trinajstić information content (AvgIpc) is 1.81. The smallest absolute Gasteiger partial charge is 0.0458 e. The summed E-state index contributed by atoms with van der Waals surface area (Å²) in [6, 6.07) is 0. The molecule has 1 atom stereocenters. The molecule has 0 radical (unpaired) electrons. The molecule has 0 amide bonds. The fraction of sp³-hybridized carbons (Fsp3) is 0.818. The lowest BCUT2D eigenvalue weighted by molar-refractivity contribution is 0.495. The minimum atomic E-state index is -2.42. The molecule has 1 rings (SSSR count). The van der Waals surface area contributed by atoms with Crippen LogP contribution >= 0.6 is 0 Å². The molecule has 0 fully saturated rings. The topological polar surface area (TPSA) is 40.9 Å². The Balaban J connectivity index is 3.24. The van der Waals surface area contributed by atoms with Crippen LogP contribution in [-0.4, -0.2) is 15.7 Å². The molecular formula is C11H21NOS. The predicted octanol–water partition coefficient (Wildman–Crippen LogP) is 3.05. The van der Waals surface area contributed by atoms with E-state index < -0.39 is 9.73 Å². The van der Waals surface area contributed by atoms with E-state index in [1.807, 2.05) is 0 Å². The monoisotopic (exact) mass is 215 g/mol. The normalized spacial score (nSPS) is 35.9. The average molecular weight is 215 g/mol. The zero-order valence-corrected chi connectivity index (χ0v) is 10.6. The van der Waals surface area contributed by atoms with Crippen LogP contribution < -0.4 is 0 Å². The van der Waals surface area contributed by atoms with Gasteiger partial charge in [-0.25, -0.2) is 4.21 Å². The van der Waals surface area contributed by atoms with Gasteiger partial charge in [-0.3, -0.25) is 4.78 Å². The van der Waals surface area contributed by atoms with Crippen molar-refractivity contribution >= 4 is 9.73 Å². The second-order valence-electron chi connectivity index (χ2n) is 5.80. The van der Waals surface area contributed by atoms with Crippen LogP contribution in [0.25, 0.3) is 0 Å². The lowest BCUT2D eigenvalue weighted by Crippen LogP contribution is -2.26. The Hall–Kier alpha value is -0.310. The van der Waals surface area contributed by atoms with Crippen LogP contribution in [0.15, 0.2) is 11.6 Å². The van der Waals surface area contributed by atoms with Crippen LogP contribution in [-0.2, 0) is 9.73 Å². The van der Waals surface area contributed by atoms with E-state index in [0.29, 0.717) is 11.5 Å². The minimum Gasteiger partial charge on any atom is -0.253 e. The van der Waals surface area contributed by atoms with Crippen LogP contribution in [0.1, 0.15) is 34.6 Å². The van der Waals surface area contributed by atoms with Crippen molar-refractivity contribution < 1.29 is 4.21 Å². The van der Waals surface area contributed by atoms with Gasteiger partial charge in [0.15, 0.2) is 0 Å². The summed E-state index contributed by atoms with van der Waals surface area (Å²) >= 11 is 0. The SMILES string of the molecule is CC1=CC(C)(C)CS(=N)(=O)CC1(C)C. The summed E-state index contributed by atoms with van der Waals surface area (Å²) in [5.41, 5.74) is 1.07. The van der Waals surface area contributed by atoms with E-state index in [4.69, 9.17) is 4.78 Å². The van der Waals surface area contributed by atoms with Crippen LogP contribution in [0.3, 0.4) is 0 Å². The predicted molar refractivity (Wildman–Crippen MR) is 61.9 cm³/mol. The number of nitrogens with one attached hydrogen (secondary N) is 1. The summed E-state index contributed by atoms with van der Waals surface area (Å²) in [6.07, 6.45) is 2.19. The Morgan fingerprint density at radius 2 is 1.79 bits per heavy atom. The highest BCUT2D eigenvalue weighted by atomic mass is 32.2. The van der Waals surface area contributed by atoms with Crippen molar-refractivity contribution in [2.75, 3.05) is 11.5 Å². The Kier molecular flexibility index (Phi) is 2.60. The summed E-state index contributed by atoms with van der Waals surface area (Å²) in [6.45, 7) is 10.4. The van der Waals surface area contributed by atoms with E-state index in [0.717, 1.165) is 0 Å². The fourth-order valence-electron chi connectivity index (χ4n) is 2.17. The fourth-order valence-corrected chi connectivity index (χ4v) is 4.95. The van der Waals surface area contributed by atoms with Crippen LogP contribution in [0, 0.1) is 15.6 Å². The maximum absolute atomic E-state index is 12.0. The van der Waals surface area contributed by atoms with Gasteiger partial charge in [0.1, 0.15) is 0 Å². The van der Waals surface area contributed by atoms with Gasteiger partial charge in [-0.15, -0.1) is 0 Å². The molecule has 0 aliphatic carbocycles. The highest BCUT2D eigenvalue weighted by molar-refractivity contribution is 7.92. The van der Waals surface area contributed by atoms with Gasteiger partial charge in [0.25, 0.3) is 0 Å². The van der Waals surface area contributed by atoms with E-state index in [1.165, 1.54) is 5.57 Å².